The number of hydrogen-bond donors (Lipinski definition) is 2. The van der Waals surface area contributed by atoms with Crippen molar-refractivity contribution in [2.75, 3.05) is 26.7 Å². The molecule has 0 saturated carbocycles. The minimum atomic E-state index is -0.167. The standard InChI is InChI=1S/C23H35ClN6O/c1-6-25-22(27-15-19-28-21(31-29-19)23(2,3)4)26-14-17-10-8-12-30(5)20(17)16-9-7-11-18(24)13-16/h7,9,11,13,17,20H,6,8,10,12,14-15H2,1-5H3,(H2,25,26,27). The van der Waals surface area contributed by atoms with Gasteiger partial charge in [0, 0.05) is 29.6 Å². The monoisotopic (exact) mass is 446 g/mol. The summed E-state index contributed by atoms with van der Waals surface area (Å²) in [7, 11) is 2.19. The van der Waals surface area contributed by atoms with E-state index in [1.54, 1.807) is 0 Å². The summed E-state index contributed by atoms with van der Waals surface area (Å²) in [6.07, 6.45) is 2.35. The Labute approximate surface area is 190 Å². The molecule has 0 amide bonds. The highest BCUT2D eigenvalue weighted by Gasteiger charge is 2.30. The van der Waals surface area contributed by atoms with Crippen LogP contribution in [-0.4, -0.2) is 47.7 Å². The molecular weight excluding hydrogens is 412 g/mol. The molecule has 2 heterocycles. The van der Waals surface area contributed by atoms with Gasteiger partial charge in [-0.25, -0.2) is 4.99 Å². The molecule has 2 aromatic rings. The number of benzene rings is 1. The number of aromatic nitrogens is 2. The van der Waals surface area contributed by atoms with E-state index in [9.17, 15) is 0 Å². The van der Waals surface area contributed by atoms with Crippen molar-refractivity contribution in [2.24, 2.45) is 10.9 Å². The molecule has 2 atom stereocenters. The van der Waals surface area contributed by atoms with Crippen LogP contribution in [0.4, 0.5) is 0 Å². The van der Waals surface area contributed by atoms with Crippen molar-refractivity contribution in [3.05, 3.63) is 46.6 Å². The largest absolute Gasteiger partial charge is 0.357 e. The lowest BCUT2D eigenvalue weighted by atomic mass is 9.85. The molecule has 31 heavy (non-hydrogen) atoms. The van der Waals surface area contributed by atoms with E-state index in [4.69, 9.17) is 16.1 Å². The maximum absolute atomic E-state index is 6.27. The molecule has 2 N–H and O–H groups in total. The molecule has 0 spiro atoms. The van der Waals surface area contributed by atoms with Crippen molar-refractivity contribution >= 4 is 17.6 Å². The van der Waals surface area contributed by atoms with Crippen molar-refractivity contribution < 1.29 is 4.52 Å². The zero-order valence-electron chi connectivity index (χ0n) is 19.3. The van der Waals surface area contributed by atoms with Crippen molar-refractivity contribution in [1.29, 1.82) is 0 Å². The van der Waals surface area contributed by atoms with Gasteiger partial charge in [-0.05, 0) is 57.0 Å². The van der Waals surface area contributed by atoms with Crippen molar-refractivity contribution in [1.82, 2.24) is 25.7 Å². The van der Waals surface area contributed by atoms with E-state index < -0.39 is 0 Å². The van der Waals surface area contributed by atoms with Gasteiger partial charge in [-0.3, -0.25) is 4.90 Å². The van der Waals surface area contributed by atoms with Crippen LogP contribution in [0.5, 0.6) is 0 Å². The summed E-state index contributed by atoms with van der Waals surface area (Å²) in [4.78, 5) is 11.6. The minimum Gasteiger partial charge on any atom is -0.357 e. The molecular formula is C23H35ClN6O. The lowest BCUT2D eigenvalue weighted by Gasteiger charge is -2.40. The first-order chi connectivity index (χ1) is 14.8. The van der Waals surface area contributed by atoms with Crippen molar-refractivity contribution in [3.63, 3.8) is 0 Å². The first kappa shape index (κ1) is 23.5. The number of halogens is 1. The maximum Gasteiger partial charge on any atom is 0.232 e. The molecule has 1 aliphatic rings. The first-order valence-electron chi connectivity index (χ1n) is 11.1. The summed E-state index contributed by atoms with van der Waals surface area (Å²) in [5, 5.41) is 11.7. The zero-order chi connectivity index (χ0) is 22.4. The van der Waals surface area contributed by atoms with Crippen LogP contribution in [0.25, 0.3) is 0 Å². The van der Waals surface area contributed by atoms with E-state index in [2.05, 4.69) is 77.5 Å². The number of nitrogens with zero attached hydrogens (tertiary/aromatic N) is 4. The third-order valence-electron chi connectivity index (χ3n) is 5.56. The summed E-state index contributed by atoms with van der Waals surface area (Å²) < 4.78 is 5.37. The molecule has 2 unspecified atom stereocenters. The molecule has 8 heteroatoms. The van der Waals surface area contributed by atoms with Gasteiger partial charge in [0.1, 0.15) is 6.54 Å². The predicted octanol–water partition coefficient (Wildman–Crippen LogP) is 4.16. The fourth-order valence-electron chi connectivity index (χ4n) is 4.03. The summed E-state index contributed by atoms with van der Waals surface area (Å²) in [6.45, 7) is 11.3. The Kier molecular flexibility index (Phi) is 7.94. The molecule has 1 aliphatic heterocycles. The van der Waals surface area contributed by atoms with Crippen molar-refractivity contribution in [2.45, 2.75) is 58.5 Å². The molecule has 0 bridgehead atoms. The Hall–Kier alpha value is -2.12. The number of rotatable bonds is 6. The Morgan fingerprint density at radius 3 is 2.81 bits per heavy atom. The van der Waals surface area contributed by atoms with E-state index in [0.29, 0.717) is 30.2 Å². The molecule has 1 saturated heterocycles. The number of likely N-dealkylation sites (tertiary alicyclic amines) is 1. The SMILES string of the molecule is CCNC(=NCc1noc(C(C)(C)C)n1)NCC1CCCN(C)C1c1cccc(Cl)c1. The Morgan fingerprint density at radius 1 is 1.32 bits per heavy atom. The molecule has 7 nitrogen and oxygen atoms in total. The first-order valence-corrected chi connectivity index (χ1v) is 11.5. The van der Waals surface area contributed by atoms with E-state index in [-0.39, 0.29) is 5.41 Å². The predicted molar refractivity (Wildman–Crippen MR) is 125 cm³/mol. The normalized spacial score (nSPS) is 20.6. The molecule has 3 rings (SSSR count). The third-order valence-corrected chi connectivity index (χ3v) is 5.80. The number of nitrogens with one attached hydrogen (secondary N) is 2. The molecule has 0 aliphatic carbocycles. The molecule has 1 fully saturated rings. The van der Waals surface area contributed by atoms with Gasteiger partial charge in [-0.2, -0.15) is 4.98 Å². The van der Waals surface area contributed by atoms with Crippen molar-refractivity contribution in [3.8, 4) is 0 Å². The molecule has 170 valence electrons. The smallest absolute Gasteiger partial charge is 0.232 e. The zero-order valence-corrected chi connectivity index (χ0v) is 20.0. The topological polar surface area (TPSA) is 78.6 Å². The lowest BCUT2D eigenvalue weighted by Crippen LogP contribution is -2.45. The van der Waals surface area contributed by atoms with Gasteiger partial charge in [0.05, 0.1) is 0 Å². The minimum absolute atomic E-state index is 0.167. The van der Waals surface area contributed by atoms with Crippen LogP contribution in [0, 0.1) is 5.92 Å². The number of hydrogen-bond acceptors (Lipinski definition) is 5. The van der Waals surface area contributed by atoms with Gasteiger partial charge in [-0.15, -0.1) is 0 Å². The van der Waals surface area contributed by atoms with E-state index in [1.807, 2.05) is 12.1 Å². The van der Waals surface area contributed by atoms with Crippen LogP contribution < -0.4 is 10.6 Å². The summed E-state index contributed by atoms with van der Waals surface area (Å²) in [5.41, 5.74) is 1.10. The summed E-state index contributed by atoms with van der Waals surface area (Å²) in [5.74, 6) is 2.45. The summed E-state index contributed by atoms with van der Waals surface area (Å²) >= 11 is 6.27. The number of guanidine groups is 1. The van der Waals surface area contributed by atoms with E-state index >= 15 is 0 Å². The Bertz CT molecular complexity index is 875. The van der Waals surface area contributed by atoms with Gasteiger partial charge in [-0.1, -0.05) is 49.7 Å². The summed E-state index contributed by atoms with van der Waals surface area (Å²) in [6, 6.07) is 8.55. The van der Waals surface area contributed by atoms with Crippen LogP contribution in [0.1, 0.15) is 63.9 Å². The Balaban J connectivity index is 1.67. The van der Waals surface area contributed by atoms with E-state index in [0.717, 1.165) is 37.0 Å². The molecule has 1 aromatic heterocycles. The third kappa shape index (κ3) is 6.43. The van der Waals surface area contributed by atoms with Crippen LogP contribution >= 0.6 is 11.6 Å². The van der Waals surface area contributed by atoms with Gasteiger partial charge in [0.25, 0.3) is 0 Å². The van der Waals surface area contributed by atoms with Crippen LogP contribution in [0.15, 0.2) is 33.8 Å². The Morgan fingerprint density at radius 2 is 2.13 bits per heavy atom. The highest BCUT2D eigenvalue weighted by molar-refractivity contribution is 6.30. The van der Waals surface area contributed by atoms with Gasteiger partial charge in [0.15, 0.2) is 11.8 Å². The number of piperidine rings is 1. The van der Waals surface area contributed by atoms with E-state index in [1.165, 1.54) is 12.0 Å². The lowest BCUT2D eigenvalue weighted by molar-refractivity contribution is 0.122. The second kappa shape index (κ2) is 10.5. The fourth-order valence-corrected chi connectivity index (χ4v) is 4.23. The van der Waals surface area contributed by atoms with Gasteiger partial charge in [0.2, 0.25) is 5.89 Å². The number of aliphatic imine (C=N–C) groups is 1. The average molecular weight is 447 g/mol. The van der Waals surface area contributed by atoms with Gasteiger partial charge >= 0.3 is 0 Å². The van der Waals surface area contributed by atoms with Crippen LogP contribution in [-0.2, 0) is 12.0 Å². The highest BCUT2D eigenvalue weighted by atomic mass is 35.5. The molecule has 0 radical (unpaired) electrons. The second-order valence-electron chi connectivity index (χ2n) is 9.22. The van der Waals surface area contributed by atoms with Crippen LogP contribution in [0.3, 0.4) is 0 Å². The average Bonchev–Trinajstić information content (AvgIpc) is 3.20. The van der Waals surface area contributed by atoms with Gasteiger partial charge < -0.3 is 15.2 Å². The highest BCUT2D eigenvalue weighted by Crippen LogP contribution is 2.35. The quantitative estimate of drug-likeness (QED) is 0.512. The van der Waals surface area contributed by atoms with Crippen LogP contribution in [0.2, 0.25) is 5.02 Å². The second-order valence-corrected chi connectivity index (χ2v) is 9.66. The fraction of sp³-hybridized carbons (Fsp3) is 0.609. The maximum atomic E-state index is 6.27. The molecule has 1 aromatic carbocycles.